The van der Waals surface area contributed by atoms with E-state index in [9.17, 15) is 9.59 Å². The van der Waals surface area contributed by atoms with Crippen molar-refractivity contribution in [2.24, 2.45) is 0 Å². The largest absolute Gasteiger partial charge is 0.378 e. The van der Waals surface area contributed by atoms with Crippen LogP contribution in [0.15, 0.2) is 42.5 Å². The molecule has 0 radical (unpaired) electrons. The number of hydrogen-bond acceptors (Lipinski definition) is 6. The van der Waals surface area contributed by atoms with Crippen LogP contribution in [0.25, 0.3) is 10.2 Å². The van der Waals surface area contributed by atoms with Crippen molar-refractivity contribution in [3.63, 3.8) is 0 Å². The van der Waals surface area contributed by atoms with Gasteiger partial charge in [0.25, 0.3) is 11.8 Å². The summed E-state index contributed by atoms with van der Waals surface area (Å²) in [4.78, 5) is 33.5. The minimum atomic E-state index is -0.275. The van der Waals surface area contributed by atoms with Crippen molar-refractivity contribution in [2.45, 2.75) is 0 Å². The van der Waals surface area contributed by atoms with Crippen molar-refractivity contribution in [2.75, 3.05) is 36.1 Å². The Balaban J connectivity index is 1.52. The van der Waals surface area contributed by atoms with Crippen LogP contribution in [0.3, 0.4) is 0 Å². The topological polar surface area (TPSA) is 62.7 Å². The molecule has 26 heavy (non-hydrogen) atoms. The number of rotatable bonds is 2. The molecule has 0 saturated carbocycles. The Morgan fingerprint density at radius 1 is 0.962 bits per heavy atom. The van der Waals surface area contributed by atoms with Crippen LogP contribution in [0.1, 0.15) is 20.7 Å². The van der Waals surface area contributed by atoms with Gasteiger partial charge in [-0.1, -0.05) is 23.5 Å². The number of imide groups is 1. The molecule has 7 heteroatoms. The number of fused-ring (bicyclic) bond motifs is 2. The van der Waals surface area contributed by atoms with Gasteiger partial charge in [-0.15, -0.1) is 0 Å². The van der Waals surface area contributed by atoms with Gasteiger partial charge in [-0.05, 0) is 30.3 Å². The highest BCUT2D eigenvalue weighted by atomic mass is 32.1. The minimum absolute atomic E-state index is 0.275. The summed E-state index contributed by atoms with van der Waals surface area (Å²) in [6.45, 7) is 3.06. The molecule has 2 amide bonds. The smallest absolute Gasteiger partial charge is 0.266 e. The highest BCUT2D eigenvalue weighted by Crippen LogP contribution is 2.34. The number of nitrogens with zero attached hydrogens (tertiary/aromatic N) is 3. The Morgan fingerprint density at radius 3 is 2.35 bits per heavy atom. The Morgan fingerprint density at radius 2 is 1.65 bits per heavy atom. The first-order valence-electron chi connectivity index (χ1n) is 8.43. The summed E-state index contributed by atoms with van der Waals surface area (Å²) in [7, 11) is 0. The Bertz CT molecular complexity index is 1000. The van der Waals surface area contributed by atoms with Crippen molar-refractivity contribution >= 4 is 44.2 Å². The van der Waals surface area contributed by atoms with E-state index >= 15 is 0 Å². The van der Waals surface area contributed by atoms with Gasteiger partial charge in [0.15, 0.2) is 5.13 Å². The van der Waals surface area contributed by atoms with E-state index in [-0.39, 0.29) is 11.8 Å². The number of anilines is 2. The summed E-state index contributed by atoms with van der Waals surface area (Å²) in [6, 6.07) is 12.5. The molecule has 3 aromatic rings. The van der Waals surface area contributed by atoms with E-state index in [2.05, 4.69) is 9.88 Å². The summed E-state index contributed by atoms with van der Waals surface area (Å²) in [5.41, 5.74) is 2.37. The molecule has 3 heterocycles. The van der Waals surface area contributed by atoms with E-state index in [0.717, 1.165) is 28.4 Å². The summed E-state index contributed by atoms with van der Waals surface area (Å²) in [5.74, 6) is -0.550. The molecule has 2 aliphatic rings. The average Bonchev–Trinajstić information content (AvgIpc) is 3.22. The highest BCUT2D eigenvalue weighted by molar-refractivity contribution is 7.22. The summed E-state index contributed by atoms with van der Waals surface area (Å²) < 4.78 is 6.35. The number of amides is 2. The van der Waals surface area contributed by atoms with E-state index in [4.69, 9.17) is 4.74 Å². The fraction of sp³-hybridized carbons (Fsp3) is 0.211. The molecule has 130 valence electrons. The monoisotopic (exact) mass is 365 g/mol. The van der Waals surface area contributed by atoms with Gasteiger partial charge in [-0.2, -0.15) is 0 Å². The number of morpholine rings is 1. The van der Waals surface area contributed by atoms with Crippen LogP contribution in [-0.4, -0.2) is 43.1 Å². The molecule has 2 aromatic carbocycles. The van der Waals surface area contributed by atoms with Crippen molar-refractivity contribution in [1.82, 2.24) is 4.98 Å². The van der Waals surface area contributed by atoms with Crippen LogP contribution in [0.2, 0.25) is 0 Å². The van der Waals surface area contributed by atoms with Crippen LogP contribution < -0.4 is 9.80 Å². The van der Waals surface area contributed by atoms with Gasteiger partial charge in [0.05, 0.1) is 40.2 Å². The first-order chi connectivity index (χ1) is 12.7. The fourth-order valence-electron chi connectivity index (χ4n) is 3.35. The number of carbonyl (C=O) groups excluding carboxylic acids is 2. The lowest BCUT2D eigenvalue weighted by Gasteiger charge is -2.25. The standard InChI is InChI=1S/C19H15N3O3S/c23-17-13-3-1-2-4-14(13)18(24)22(17)12-5-6-15-16(11-12)26-19(20-15)21-7-9-25-10-8-21/h1-6,11H,7-10H2. The maximum absolute atomic E-state index is 12.7. The highest BCUT2D eigenvalue weighted by Gasteiger charge is 2.36. The average molecular weight is 365 g/mol. The van der Waals surface area contributed by atoms with Crippen LogP contribution in [0.5, 0.6) is 0 Å². The van der Waals surface area contributed by atoms with Gasteiger partial charge in [-0.25, -0.2) is 9.88 Å². The molecule has 0 atom stereocenters. The number of aromatic nitrogens is 1. The van der Waals surface area contributed by atoms with Crippen molar-refractivity contribution < 1.29 is 14.3 Å². The van der Waals surface area contributed by atoms with Crippen LogP contribution in [-0.2, 0) is 4.74 Å². The molecule has 6 nitrogen and oxygen atoms in total. The Hall–Kier alpha value is -2.77. The lowest BCUT2D eigenvalue weighted by atomic mass is 10.1. The second-order valence-electron chi connectivity index (χ2n) is 6.24. The van der Waals surface area contributed by atoms with Gasteiger partial charge in [0, 0.05) is 13.1 Å². The zero-order valence-corrected chi connectivity index (χ0v) is 14.7. The number of thiazole rings is 1. The molecular formula is C19H15N3O3S. The molecule has 1 fully saturated rings. The fourth-order valence-corrected chi connectivity index (χ4v) is 4.40. The summed E-state index contributed by atoms with van der Waals surface area (Å²) in [5, 5.41) is 0.947. The molecule has 5 rings (SSSR count). The van der Waals surface area contributed by atoms with Gasteiger partial charge < -0.3 is 9.64 Å². The Kier molecular flexibility index (Phi) is 3.51. The van der Waals surface area contributed by atoms with E-state index in [1.54, 1.807) is 41.7 Å². The molecule has 1 aromatic heterocycles. The SMILES string of the molecule is O=C1c2ccccc2C(=O)N1c1ccc2nc(N3CCOCC3)sc2c1. The van der Waals surface area contributed by atoms with Crippen molar-refractivity contribution in [3.05, 3.63) is 53.6 Å². The molecule has 0 unspecified atom stereocenters. The number of ether oxygens (including phenoxy) is 1. The molecule has 0 spiro atoms. The third-order valence-corrected chi connectivity index (χ3v) is 5.77. The van der Waals surface area contributed by atoms with Gasteiger partial charge >= 0.3 is 0 Å². The maximum atomic E-state index is 12.7. The second-order valence-corrected chi connectivity index (χ2v) is 7.25. The molecule has 0 bridgehead atoms. The first-order valence-corrected chi connectivity index (χ1v) is 9.25. The quantitative estimate of drug-likeness (QED) is 0.654. The molecule has 1 saturated heterocycles. The predicted octanol–water partition coefficient (Wildman–Crippen LogP) is 2.93. The summed E-state index contributed by atoms with van der Waals surface area (Å²) >= 11 is 1.57. The van der Waals surface area contributed by atoms with Crippen molar-refractivity contribution in [3.8, 4) is 0 Å². The summed E-state index contributed by atoms with van der Waals surface area (Å²) in [6.07, 6.45) is 0. The van der Waals surface area contributed by atoms with E-state index in [1.165, 1.54) is 4.90 Å². The van der Waals surface area contributed by atoms with Crippen LogP contribution >= 0.6 is 11.3 Å². The normalized spacial score (nSPS) is 17.2. The van der Waals surface area contributed by atoms with Gasteiger partial charge in [0.1, 0.15) is 0 Å². The second kappa shape index (κ2) is 5.89. The third kappa shape index (κ3) is 2.32. The molecular weight excluding hydrogens is 350 g/mol. The lowest BCUT2D eigenvalue weighted by molar-refractivity contribution is 0.0926. The van der Waals surface area contributed by atoms with Gasteiger partial charge in [0.2, 0.25) is 0 Å². The van der Waals surface area contributed by atoms with Gasteiger partial charge in [-0.3, -0.25) is 9.59 Å². The number of benzene rings is 2. The minimum Gasteiger partial charge on any atom is -0.378 e. The maximum Gasteiger partial charge on any atom is 0.266 e. The Labute approximate surface area is 153 Å². The van der Waals surface area contributed by atoms with Crippen LogP contribution in [0, 0.1) is 0 Å². The lowest BCUT2D eigenvalue weighted by Crippen LogP contribution is -2.36. The third-order valence-electron chi connectivity index (χ3n) is 4.69. The predicted molar refractivity (Wildman–Crippen MR) is 100 cm³/mol. The molecule has 2 aliphatic heterocycles. The number of carbonyl (C=O) groups is 2. The zero-order valence-electron chi connectivity index (χ0n) is 13.8. The number of hydrogen-bond donors (Lipinski definition) is 0. The van der Waals surface area contributed by atoms with E-state index < -0.39 is 0 Å². The van der Waals surface area contributed by atoms with Crippen molar-refractivity contribution in [1.29, 1.82) is 0 Å². The molecule has 0 N–H and O–H groups in total. The zero-order chi connectivity index (χ0) is 17.7. The first kappa shape index (κ1) is 15.5. The van der Waals surface area contributed by atoms with Crippen LogP contribution in [0.4, 0.5) is 10.8 Å². The molecule has 0 aliphatic carbocycles. The van der Waals surface area contributed by atoms with E-state index in [0.29, 0.717) is 30.0 Å². The van der Waals surface area contributed by atoms with E-state index in [1.807, 2.05) is 12.1 Å².